The van der Waals surface area contributed by atoms with Crippen molar-refractivity contribution in [2.24, 2.45) is 0 Å². The highest BCUT2D eigenvalue weighted by Crippen LogP contribution is 2.51. The van der Waals surface area contributed by atoms with Crippen LogP contribution in [0.15, 0.2) is 4.90 Å². The fourth-order valence-electron chi connectivity index (χ4n) is 3.34. The maximum absolute atomic E-state index is 13.1. The molecule has 0 fully saturated rings. The highest BCUT2D eigenvalue weighted by molar-refractivity contribution is 7.89. The average Bonchev–Trinajstić information content (AvgIpc) is 3.13. The van der Waals surface area contributed by atoms with Crippen LogP contribution in [0.2, 0.25) is 0 Å². The van der Waals surface area contributed by atoms with Crippen LogP contribution in [0.4, 0.5) is 0 Å². The number of hydrogen-bond acceptors (Lipinski definition) is 8. The number of likely N-dealkylation sites (N-methyl/N-ethyl adjacent to an activating group) is 1. The molecule has 1 amide bonds. The summed E-state index contributed by atoms with van der Waals surface area (Å²) in [5.74, 6) is 0.454. The van der Waals surface area contributed by atoms with Gasteiger partial charge in [0.05, 0.1) is 20.3 Å². The molecule has 2 aliphatic heterocycles. The SMILES string of the molecule is COCCNC(=O)CNS(=O)(=O)c1c2c(c(OC)c3c1OCO3)CN(C)CC2. The van der Waals surface area contributed by atoms with Crippen molar-refractivity contribution >= 4 is 15.9 Å². The van der Waals surface area contributed by atoms with Gasteiger partial charge in [-0.05, 0) is 19.0 Å². The van der Waals surface area contributed by atoms with Gasteiger partial charge in [-0.1, -0.05) is 0 Å². The highest BCUT2D eigenvalue weighted by Gasteiger charge is 2.37. The first-order valence-electron chi connectivity index (χ1n) is 8.84. The number of fused-ring (bicyclic) bond motifs is 2. The maximum Gasteiger partial charge on any atom is 0.245 e. The molecule has 3 rings (SSSR count). The molecular weight excluding hydrogens is 390 g/mol. The van der Waals surface area contributed by atoms with Crippen LogP contribution in [0.1, 0.15) is 11.1 Å². The Morgan fingerprint density at radius 3 is 2.68 bits per heavy atom. The third kappa shape index (κ3) is 4.02. The van der Waals surface area contributed by atoms with E-state index < -0.39 is 15.9 Å². The Bertz CT molecular complexity index is 857. The van der Waals surface area contributed by atoms with E-state index in [1.165, 1.54) is 14.2 Å². The lowest BCUT2D eigenvalue weighted by molar-refractivity contribution is -0.120. The summed E-state index contributed by atoms with van der Waals surface area (Å²) in [6.45, 7) is 1.38. The molecule has 156 valence electrons. The van der Waals surface area contributed by atoms with Crippen molar-refractivity contribution in [2.75, 3.05) is 54.3 Å². The Balaban J connectivity index is 1.94. The van der Waals surface area contributed by atoms with E-state index in [4.69, 9.17) is 18.9 Å². The van der Waals surface area contributed by atoms with Crippen LogP contribution in [-0.2, 0) is 32.5 Å². The summed E-state index contributed by atoms with van der Waals surface area (Å²) >= 11 is 0. The standard InChI is InChI=1S/C17H25N3O7S/c1-20-6-4-11-12(9-20)14(25-3)15-16(27-10-26-15)17(11)28(22,23)19-8-13(21)18-5-7-24-2/h19H,4-10H2,1-3H3,(H,18,21). The predicted octanol–water partition coefficient (Wildman–Crippen LogP) is -0.547. The van der Waals surface area contributed by atoms with Crippen LogP contribution in [0, 0.1) is 0 Å². The molecule has 0 radical (unpaired) electrons. The van der Waals surface area contributed by atoms with Crippen LogP contribution in [0.5, 0.6) is 17.2 Å². The first kappa shape index (κ1) is 20.6. The lowest BCUT2D eigenvalue weighted by Crippen LogP contribution is -2.39. The van der Waals surface area contributed by atoms with Crippen molar-refractivity contribution in [3.05, 3.63) is 11.1 Å². The molecule has 1 aromatic rings. The molecule has 0 aliphatic carbocycles. The Morgan fingerprint density at radius 1 is 1.21 bits per heavy atom. The summed E-state index contributed by atoms with van der Waals surface area (Å²) in [4.78, 5) is 14.0. The Morgan fingerprint density at radius 2 is 1.96 bits per heavy atom. The average molecular weight is 415 g/mol. The molecule has 10 nitrogen and oxygen atoms in total. The smallest absolute Gasteiger partial charge is 0.245 e. The normalized spacial score (nSPS) is 16.0. The van der Waals surface area contributed by atoms with Gasteiger partial charge in [-0.2, -0.15) is 0 Å². The van der Waals surface area contributed by atoms with Crippen molar-refractivity contribution < 1.29 is 32.2 Å². The van der Waals surface area contributed by atoms with E-state index in [9.17, 15) is 13.2 Å². The summed E-state index contributed by atoms with van der Waals surface area (Å²) < 4.78 is 49.8. The molecule has 1 aromatic carbocycles. The topological polar surface area (TPSA) is 115 Å². The second-order valence-corrected chi connectivity index (χ2v) is 8.24. The lowest BCUT2D eigenvalue weighted by atomic mass is 9.97. The summed E-state index contributed by atoms with van der Waals surface area (Å²) in [6, 6.07) is 0. The Hall–Kier alpha value is -2.08. The third-order valence-electron chi connectivity index (χ3n) is 4.63. The van der Waals surface area contributed by atoms with Gasteiger partial charge in [-0.25, -0.2) is 13.1 Å². The maximum atomic E-state index is 13.1. The van der Waals surface area contributed by atoms with E-state index in [-0.39, 0.29) is 29.7 Å². The zero-order chi connectivity index (χ0) is 20.3. The molecule has 2 aliphatic rings. The van der Waals surface area contributed by atoms with Gasteiger partial charge in [-0.15, -0.1) is 0 Å². The Kier molecular flexibility index (Phi) is 6.28. The molecule has 0 spiro atoms. The van der Waals surface area contributed by atoms with E-state index in [1.807, 2.05) is 7.05 Å². The van der Waals surface area contributed by atoms with Crippen molar-refractivity contribution in [2.45, 2.75) is 17.9 Å². The lowest BCUT2D eigenvalue weighted by Gasteiger charge is -2.29. The molecular formula is C17H25N3O7S. The summed E-state index contributed by atoms with van der Waals surface area (Å²) in [5.41, 5.74) is 1.39. The fourth-order valence-corrected chi connectivity index (χ4v) is 4.75. The van der Waals surface area contributed by atoms with Crippen LogP contribution in [0.3, 0.4) is 0 Å². The van der Waals surface area contributed by atoms with Crippen LogP contribution < -0.4 is 24.2 Å². The van der Waals surface area contributed by atoms with Gasteiger partial charge in [0.25, 0.3) is 0 Å². The number of rotatable bonds is 8. The van der Waals surface area contributed by atoms with Gasteiger partial charge < -0.3 is 29.2 Å². The van der Waals surface area contributed by atoms with Crippen molar-refractivity contribution in [3.8, 4) is 17.2 Å². The number of hydrogen-bond donors (Lipinski definition) is 2. The molecule has 28 heavy (non-hydrogen) atoms. The van der Waals surface area contributed by atoms with Crippen LogP contribution >= 0.6 is 0 Å². The first-order valence-corrected chi connectivity index (χ1v) is 10.3. The fraction of sp³-hybridized carbons (Fsp3) is 0.588. The predicted molar refractivity (Wildman–Crippen MR) is 99.2 cm³/mol. The minimum atomic E-state index is -4.02. The minimum absolute atomic E-state index is 0.0218. The van der Waals surface area contributed by atoms with Gasteiger partial charge in [0, 0.05) is 32.3 Å². The quantitative estimate of drug-likeness (QED) is 0.544. The third-order valence-corrected chi connectivity index (χ3v) is 6.13. The zero-order valence-corrected chi connectivity index (χ0v) is 17.0. The summed E-state index contributed by atoms with van der Waals surface area (Å²) in [7, 11) is 0.964. The number of carbonyl (C=O) groups excluding carboxylic acids is 1. The van der Waals surface area contributed by atoms with Gasteiger partial charge >= 0.3 is 0 Å². The van der Waals surface area contributed by atoms with Crippen molar-refractivity contribution in [3.63, 3.8) is 0 Å². The second kappa shape index (κ2) is 8.52. The van der Waals surface area contributed by atoms with E-state index in [0.717, 1.165) is 5.56 Å². The number of ether oxygens (including phenoxy) is 4. The monoisotopic (exact) mass is 415 g/mol. The highest BCUT2D eigenvalue weighted by atomic mass is 32.2. The molecule has 2 heterocycles. The summed E-state index contributed by atoms with van der Waals surface area (Å²) in [5, 5.41) is 2.57. The molecule has 0 saturated heterocycles. The van der Waals surface area contributed by atoms with Crippen molar-refractivity contribution in [1.82, 2.24) is 14.9 Å². The largest absolute Gasteiger partial charge is 0.492 e. The number of amides is 1. The van der Waals surface area contributed by atoms with Gasteiger partial charge in [0.15, 0.2) is 11.5 Å². The van der Waals surface area contributed by atoms with Gasteiger partial charge in [0.2, 0.25) is 28.5 Å². The molecule has 11 heteroatoms. The van der Waals surface area contributed by atoms with E-state index in [1.54, 1.807) is 0 Å². The van der Waals surface area contributed by atoms with Gasteiger partial charge in [-0.3, -0.25) is 4.79 Å². The first-order chi connectivity index (χ1) is 13.4. The van der Waals surface area contributed by atoms with Crippen molar-refractivity contribution in [1.29, 1.82) is 0 Å². The van der Waals surface area contributed by atoms with E-state index in [0.29, 0.717) is 44.0 Å². The molecule has 0 saturated carbocycles. The number of benzene rings is 1. The number of nitrogens with zero attached hydrogens (tertiary/aromatic N) is 1. The van der Waals surface area contributed by atoms with Crippen LogP contribution in [-0.4, -0.2) is 73.5 Å². The molecule has 0 atom stereocenters. The number of carbonyl (C=O) groups is 1. The molecule has 0 unspecified atom stereocenters. The number of nitrogens with one attached hydrogen (secondary N) is 2. The van der Waals surface area contributed by atoms with E-state index in [2.05, 4.69) is 14.9 Å². The zero-order valence-electron chi connectivity index (χ0n) is 16.2. The summed E-state index contributed by atoms with van der Waals surface area (Å²) in [6.07, 6.45) is 0.509. The molecule has 2 N–H and O–H groups in total. The molecule has 0 aromatic heterocycles. The Labute approximate surface area is 164 Å². The number of methoxy groups -OCH3 is 2. The number of sulfonamides is 1. The molecule has 0 bridgehead atoms. The van der Waals surface area contributed by atoms with Crippen LogP contribution in [0.25, 0.3) is 0 Å². The van der Waals surface area contributed by atoms with E-state index >= 15 is 0 Å². The second-order valence-electron chi connectivity index (χ2n) is 6.54. The van der Waals surface area contributed by atoms with Gasteiger partial charge in [0.1, 0.15) is 4.90 Å². The minimum Gasteiger partial charge on any atom is -0.492 e.